The molecule has 1 aromatic heterocycles. The highest BCUT2D eigenvalue weighted by Gasteiger charge is 2.07. The summed E-state index contributed by atoms with van der Waals surface area (Å²) in [5, 5.41) is 4.66. The highest BCUT2D eigenvalue weighted by molar-refractivity contribution is 6.42. The average molecular weight is 439 g/mol. The number of aromatic nitrogens is 2. The maximum atomic E-state index is 12.1. The van der Waals surface area contributed by atoms with Gasteiger partial charge in [0, 0.05) is 5.56 Å². The molecule has 0 atom stereocenters. The number of rotatable bonds is 6. The largest absolute Gasteiger partial charge is 0.486 e. The number of benzene rings is 3. The summed E-state index contributed by atoms with van der Waals surface area (Å²) in [6.07, 6.45) is 1.54. The molecular weight excluding hydrogens is 423 g/mol. The van der Waals surface area contributed by atoms with Gasteiger partial charge in [0.25, 0.3) is 5.91 Å². The summed E-state index contributed by atoms with van der Waals surface area (Å²) >= 11 is 11.8. The van der Waals surface area contributed by atoms with E-state index in [1.165, 1.54) is 6.07 Å². The maximum Gasteiger partial charge on any atom is 0.271 e. The van der Waals surface area contributed by atoms with Crippen LogP contribution >= 0.6 is 23.2 Å². The number of halogens is 2. The number of aromatic amines is 1. The van der Waals surface area contributed by atoms with Crippen LogP contribution in [0.1, 0.15) is 21.7 Å². The third-order valence-corrected chi connectivity index (χ3v) is 4.99. The quantitative estimate of drug-likeness (QED) is 0.320. The number of nitrogens with zero attached hydrogens (tertiary/aromatic N) is 2. The Morgan fingerprint density at radius 1 is 1.07 bits per heavy atom. The van der Waals surface area contributed by atoms with Crippen LogP contribution in [0.15, 0.2) is 71.8 Å². The molecule has 30 heavy (non-hydrogen) atoms. The van der Waals surface area contributed by atoms with Crippen LogP contribution < -0.4 is 10.2 Å². The number of carbonyl (C=O) groups excluding carboxylic acids is 1. The van der Waals surface area contributed by atoms with Crippen LogP contribution in [0, 0.1) is 0 Å². The molecule has 2 N–H and O–H groups in total. The average Bonchev–Trinajstić information content (AvgIpc) is 3.18. The summed E-state index contributed by atoms with van der Waals surface area (Å²) in [4.78, 5) is 19.8. The topological polar surface area (TPSA) is 79.4 Å². The van der Waals surface area contributed by atoms with Crippen molar-refractivity contribution in [3.8, 4) is 5.75 Å². The maximum absolute atomic E-state index is 12.1. The molecule has 0 unspecified atom stereocenters. The highest BCUT2D eigenvalue weighted by atomic mass is 35.5. The first kappa shape index (κ1) is 19.9. The van der Waals surface area contributed by atoms with E-state index in [9.17, 15) is 4.79 Å². The number of para-hydroxylation sites is 2. The van der Waals surface area contributed by atoms with Crippen molar-refractivity contribution in [2.45, 2.75) is 6.61 Å². The number of H-pyrrole nitrogens is 1. The number of ether oxygens (including phenoxy) is 1. The van der Waals surface area contributed by atoms with Gasteiger partial charge in [-0.1, -0.05) is 35.3 Å². The molecule has 4 aromatic rings. The minimum Gasteiger partial charge on any atom is -0.486 e. The molecule has 8 heteroatoms. The smallest absolute Gasteiger partial charge is 0.271 e. The van der Waals surface area contributed by atoms with Gasteiger partial charge >= 0.3 is 0 Å². The Labute approximate surface area is 182 Å². The number of hydrogen-bond acceptors (Lipinski definition) is 4. The van der Waals surface area contributed by atoms with Gasteiger partial charge in [-0.2, -0.15) is 5.10 Å². The second-order valence-electron chi connectivity index (χ2n) is 6.39. The molecule has 0 fully saturated rings. The number of hydrogen-bond donors (Lipinski definition) is 2. The Kier molecular flexibility index (Phi) is 5.97. The Morgan fingerprint density at radius 3 is 2.63 bits per heavy atom. The van der Waals surface area contributed by atoms with Crippen molar-refractivity contribution in [1.29, 1.82) is 0 Å². The highest BCUT2D eigenvalue weighted by Crippen LogP contribution is 2.22. The second-order valence-corrected chi connectivity index (χ2v) is 7.20. The Morgan fingerprint density at radius 2 is 1.87 bits per heavy atom. The van der Waals surface area contributed by atoms with E-state index >= 15 is 0 Å². The van der Waals surface area contributed by atoms with E-state index in [1.807, 2.05) is 48.5 Å². The fraction of sp³-hybridized carbons (Fsp3) is 0.0455. The third-order valence-electron chi connectivity index (χ3n) is 4.26. The van der Waals surface area contributed by atoms with Gasteiger partial charge in [-0.3, -0.25) is 4.79 Å². The van der Waals surface area contributed by atoms with Crippen LogP contribution in [-0.2, 0) is 6.61 Å². The zero-order valence-corrected chi connectivity index (χ0v) is 17.1. The molecule has 0 aliphatic rings. The molecule has 0 radical (unpaired) electrons. The minimum atomic E-state index is -0.379. The summed E-state index contributed by atoms with van der Waals surface area (Å²) in [7, 11) is 0. The van der Waals surface area contributed by atoms with Crippen molar-refractivity contribution < 1.29 is 9.53 Å². The van der Waals surface area contributed by atoms with Gasteiger partial charge in [0.1, 0.15) is 18.2 Å². The van der Waals surface area contributed by atoms with E-state index in [2.05, 4.69) is 20.5 Å². The number of hydrazone groups is 1. The van der Waals surface area contributed by atoms with Gasteiger partial charge in [-0.05, 0) is 60.2 Å². The van der Waals surface area contributed by atoms with E-state index in [4.69, 9.17) is 27.9 Å². The fourth-order valence-corrected chi connectivity index (χ4v) is 3.04. The van der Waals surface area contributed by atoms with Crippen molar-refractivity contribution in [3.05, 3.63) is 93.7 Å². The van der Waals surface area contributed by atoms with Crippen LogP contribution in [0.4, 0.5) is 0 Å². The predicted octanol–water partition coefficient (Wildman–Crippen LogP) is 5.21. The van der Waals surface area contributed by atoms with Crippen molar-refractivity contribution in [3.63, 3.8) is 0 Å². The van der Waals surface area contributed by atoms with Gasteiger partial charge in [0.2, 0.25) is 0 Å². The van der Waals surface area contributed by atoms with Crippen LogP contribution in [0.2, 0.25) is 10.0 Å². The number of amides is 1. The minimum absolute atomic E-state index is 0.312. The molecule has 3 aromatic carbocycles. The molecule has 0 spiro atoms. The monoisotopic (exact) mass is 438 g/mol. The Bertz CT molecular complexity index is 1190. The SMILES string of the molecule is O=C(N/N=C\c1ccc(OCc2nc3ccccc3[nH]2)cc1)c1ccc(Cl)c(Cl)c1. The summed E-state index contributed by atoms with van der Waals surface area (Å²) < 4.78 is 5.77. The number of fused-ring (bicyclic) bond motifs is 1. The van der Waals surface area contributed by atoms with Crippen molar-refractivity contribution in [1.82, 2.24) is 15.4 Å². The van der Waals surface area contributed by atoms with Crippen molar-refractivity contribution >= 4 is 46.4 Å². The number of carbonyl (C=O) groups is 1. The Balaban J connectivity index is 1.31. The van der Waals surface area contributed by atoms with Crippen molar-refractivity contribution in [2.24, 2.45) is 5.10 Å². The summed E-state index contributed by atoms with van der Waals surface area (Å²) in [6, 6.07) is 19.8. The first-order valence-electron chi connectivity index (χ1n) is 9.03. The van der Waals surface area contributed by atoms with Crippen LogP contribution in [0.5, 0.6) is 5.75 Å². The molecule has 0 aliphatic heterocycles. The lowest BCUT2D eigenvalue weighted by Gasteiger charge is -2.04. The van der Waals surface area contributed by atoms with Gasteiger partial charge < -0.3 is 9.72 Å². The first-order valence-corrected chi connectivity index (χ1v) is 9.79. The molecular formula is C22H16Cl2N4O2. The first-order chi connectivity index (χ1) is 14.6. The normalized spacial score (nSPS) is 11.1. The molecule has 0 aliphatic carbocycles. The molecule has 1 amide bonds. The van der Waals surface area contributed by atoms with E-state index in [0.717, 1.165) is 22.4 Å². The molecule has 0 saturated carbocycles. The lowest BCUT2D eigenvalue weighted by Crippen LogP contribution is -2.17. The molecule has 6 nitrogen and oxygen atoms in total. The molecule has 0 saturated heterocycles. The Hall–Kier alpha value is -3.35. The van der Waals surface area contributed by atoms with Gasteiger partial charge in [-0.15, -0.1) is 0 Å². The molecule has 4 rings (SSSR count). The molecule has 1 heterocycles. The van der Waals surface area contributed by atoms with Gasteiger partial charge in [0.15, 0.2) is 0 Å². The number of imidazole rings is 1. The van der Waals surface area contributed by atoms with E-state index < -0.39 is 0 Å². The van der Waals surface area contributed by atoms with E-state index in [-0.39, 0.29) is 5.91 Å². The van der Waals surface area contributed by atoms with E-state index in [0.29, 0.717) is 28.0 Å². The van der Waals surface area contributed by atoms with Crippen LogP contribution in [0.3, 0.4) is 0 Å². The van der Waals surface area contributed by atoms with Crippen LogP contribution in [0.25, 0.3) is 11.0 Å². The fourth-order valence-electron chi connectivity index (χ4n) is 2.74. The number of nitrogens with one attached hydrogen (secondary N) is 2. The summed E-state index contributed by atoms with van der Waals surface area (Å²) in [5.74, 6) is 1.08. The zero-order chi connectivity index (χ0) is 20.9. The zero-order valence-electron chi connectivity index (χ0n) is 15.6. The van der Waals surface area contributed by atoms with E-state index in [1.54, 1.807) is 18.3 Å². The molecule has 0 bridgehead atoms. The lowest BCUT2D eigenvalue weighted by molar-refractivity contribution is 0.0955. The van der Waals surface area contributed by atoms with Gasteiger partial charge in [-0.25, -0.2) is 10.4 Å². The van der Waals surface area contributed by atoms with Crippen molar-refractivity contribution in [2.75, 3.05) is 0 Å². The summed E-state index contributed by atoms with van der Waals surface area (Å²) in [5.41, 5.74) is 5.52. The lowest BCUT2D eigenvalue weighted by atomic mass is 10.2. The predicted molar refractivity (Wildman–Crippen MR) is 118 cm³/mol. The summed E-state index contributed by atoms with van der Waals surface area (Å²) in [6.45, 7) is 0.335. The second kappa shape index (κ2) is 8.98. The molecule has 150 valence electrons. The standard InChI is InChI=1S/C22H16Cl2N4O2/c23-17-10-7-15(11-18(17)24)22(29)28-25-12-14-5-8-16(9-6-14)30-13-21-26-19-3-1-2-4-20(19)27-21/h1-12H,13H2,(H,26,27)(H,28,29)/b25-12-. The van der Waals surface area contributed by atoms with Gasteiger partial charge in [0.05, 0.1) is 27.3 Å². The third kappa shape index (κ3) is 4.79. The van der Waals surface area contributed by atoms with Crippen LogP contribution in [-0.4, -0.2) is 22.1 Å².